The van der Waals surface area contributed by atoms with Gasteiger partial charge in [-0.25, -0.2) is 0 Å². The molecule has 1 aromatic rings. The molecule has 1 aliphatic rings. The lowest BCUT2D eigenvalue weighted by atomic mass is 9.91. The Morgan fingerprint density at radius 2 is 1.71 bits per heavy atom. The minimum atomic E-state index is -0.735. The summed E-state index contributed by atoms with van der Waals surface area (Å²) in [5.41, 5.74) is 2.03. The topological polar surface area (TPSA) is 119 Å². The Labute approximate surface area is 255 Å². The summed E-state index contributed by atoms with van der Waals surface area (Å²) in [7, 11) is 1.64. The van der Waals surface area contributed by atoms with E-state index in [1.807, 2.05) is 24.3 Å². The fraction of sp³-hybridized carbons (Fsp3) is 0.667. The Bertz CT molecular complexity index is 965. The van der Waals surface area contributed by atoms with Gasteiger partial charge in [-0.2, -0.15) is 11.8 Å². The van der Waals surface area contributed by atoms with Crippen LogP contribution in [0, 0.1) is 11.8 Å². The number of methoxy groups -OCH3 is 1. The Kier molecular flexibility index (Phi) is 18.4. The fourth-order valence-electron chi connectivity index (χ4n) is 5.13. The van der Waals surface area contributed by atoms with Crippen molar-refractivity contribution in [1.29, 1.82) is 0 Å². The van der Waals surface area contributed by atoms with E-state index in [4.69, 9.17) is 14.2 Å². The normalized spacial score (nSPS) is 19.3. The number of carbonyl (C=O) groups is 3. The molecule has 1 saturated carbocycles. The van der Waals surface area contributed by atoms with Gasteiger partial charge >= 0.3 is 11.9 Å². The van der Waals surface area contributed by atoms with Crippen LogP contribution >= 0.6 is 11.8 Å². The van der Waals surface area contributed by atoms with Crippen LogP contribution < -0.4 is 0 Å². The number of aliphatic hydroxyl groups excluding tert-OH is 2. The maximum absolute atomic E-state index is 12.5. The number of Topliss-reactive ketones (excluding diaryl/α,β-unsaturated/α-hetero) is 1. The van der Waals surface area contributed by atoms with Gasteiger partial charge in [0.2, 0.25) is 0 Å². The van der Waals surface area contributed by atoms with Crippen LogP contribution in [0.3, 0.4) is 0 Å². The van der Waals surface area contributed by atoms with Gasteiger partial charge in [0.15, 0.2) is 0 Å². The molecule has 9 heteroatoms. The second-order valence-electron chi connectivity index (χ2n) is 10.9. The number of unbranched alkanes of at least 4 members (excludes halogenated alkanes) is 4. The average molecular weight is 607 g/mol. The van der Waals surface area contributed by atoms with Gasteiger partial charge in [-0.05, 0) is 41.9 Å². The van der Waals surface area contributed by atoms with Gasteiger partial charge in [-0.15, -0.1) is 0 Å². The molecule has 0 saturated heterocycles. The maximum Gasteiger partial charge on any atom is 0.305 e. The Morgan fingerprint density at radius 3 is 2.43 bits per heavy atom. The lowest BCUT2D eigenvalue weighted by Gasteiger charge is -2.18. The Hall–Kier alpha value is -2.20. The highest BCUT2D eigenvalue weighted by molar-refractivity contribution is 7.99. The summed E-state index contributed by atoms with van der Waals surface area (Å²) in [6.07, 6.45) is 9.96. The molecular weight excluding hydrogens is 556 g/mol. The molecule has 0 aromatic heterocycles. The first-order valence-electron chi connectivity index (χ1n) is 15.4. The zero-order valence-corrected chi connectivity index (χ0v) is 26.2. The molecule has 0 heterocycles. The predicted molar refractivity (Wildman–Crippen MR) is 165 cm³/mol. The SMILES string of the molecule is CCCCCCCC(=O)OCCOC(=O)CCCSCC[C@H]1C(=O)C[C@@H](O)[C@H]1/C=C/[C@@H](O)Cc1cccc(COC)c1. The summed E-state index contributed by atoms with van der Waals surface area (Å²) >= 11 is 1.67. The van der Waals surface area contributed by atoms with E-state index in [-0.39, 0.29) is 55.6 Å². The van der Waals surface area contributed by atoms with Crippen LogP contribution in [0.4, 0.5) is 0 Å². The van der Waals surface area contributed by atoms with E-state index in [9.17, 15) is 24.6 Å². The van der Waals surface area contributed by atoms with E-state index in [0.29, 0.717) is 32.3 Å². The molecule has 1 aromatic carbocycles. The quantitative estimate of drug-likeness (QED) is 0.104. The number of thioether (sulfide) groups is 1. The third-order valence-corrected chi connectivity index (χ3v) is 8.47. The van der Waals surface area contributed by atoms with Gasteiger partial charge in [0.05, 0.1) is 18.8 Å². The summed E-state index contributed by atoms with van der Waals surface area (Å²) in [4.78, 5) is 36.2. The van der Waals surface area contributed by atoms with Crippen LogP contribution in [-0.4, -0.2) is 72.0 Å². The number of aliphatic hydroxyl groups is 2. The molecule has 4 atom stereocenters. The molecule has 0 bridgehead atoms. The van der Waals surface area contributed by atoms with Crippen LogP contribution in [0.2, 0.25) is 0 Å². The van der Waals surface area contributed by atoms with Gasteiger partial charge < -0.3 is 24.4 Å². The zero-order valence-electron chi connectivity index (χ0n) is 25.3. The summed E-state index contributed by atoms with van der Waals surface area (Å²) < 4.78 is 15.4. The van der Waals surface area contributed by atoms with Crippen LogP contribution in [-0.2, 0) is 41.6 Å². The summed E-state index contributed by atoms with van der Waals surface area (Å²) in [5, 5.41) is 21.0. The van der Waals surface area contributed by atoms with Crippen LogP contribution in [0.15, 0.2) is 36.4 Å². The highest BCUT2D eigenvalue weighted by Gasteiger charge is 2.39. The number of esters is 2. The molecule has 0 unspecified atom stereocenters. The third kappa shape index (κ3) is 14.8. The maximum atomic E-state index is 12.5. The average Bonchev–Trinajstić information content (AvgIpc) is 3.23. The number of rotatable bonds is 22. The highest BCUT2D eigenvalue weighted by atomic mass is 32.2. The van der Waals surface area contributed by atoms with Gasteiger partial charge in [0.25, 0.3) is 0 Å². The molecule has 1 fully saturated rings. The molecule has 8 nitrogen and oxygen atoms in total. The van der Waals surface area contributed by atoms with Gasteiger partial charge in [-0.3, -0.25) is 14.4 Å². The number of hydrogen-bond acceptors (Lipinski definition) is 9. The smallest absolute Gasteiger partial charge is 0.305 e. The zero-order chi connectivity index (χ0) is 30.6. The van der Waals surface area contributed by atoms with Crippen LogP contribution in [0.25, 0.3) is 0 Å². The van der Waals surface area contributed by atoms with E-state index in [1.54, 1.807) is 31.0 Å². The van der Waals surface area contributed by atoms with Crippen LogP contribution in [0.1, 0.15) is 82.3 Å². The molecule has 2 rings (SSSR count). The predicted octanol–water partition coefficient (Wildman–Crippen LogP) is 5.21. The van der Waals surface area contributed by atoms with E-state index >= 15 is 0 Å². The van der Waals surface area contributed by atoms with Crippen molar-refractivity contribution in [2.75, 3.05) is 31.8 Å². The van der Waals surface area contributed by atoms with Gasteiger partial charge in [0, 0.05) is 44.6 Å². The second kappa shape index (κ2) is 21.5. The molecule has 0 spiro atoms. The van der Waals surface area contributed by atoms with Crippen molar-refractivity contribution < 1.29 is 38.8 Å². The first-order chi connectivity index (χ1) is 20.3. The first-order valence-corrected chi connectivity index (χ1v) is 16.5. The largest absolute Gasteiger partial charge is 0.462 e. The van der Waals surface area contributed by atoms with Crippen molar-refractivity contribution in [3.05, 3.63) is 47.5 Å². The minimum absolute atomic E-state index is 0.0558. The number of ether oxygens (including phenoxy) is 3. The molecule has 0 amide bonds. The van der Waals surface area contributed by atoms with Crippen molar-refractivity contribution in [1.82, 2.24) is 0 Å². The molecule has 0 radical (unpaired) electrons. The Morgan fingerprint density at radius 1 is 1.02 bits per heavy atom. The molecule has 1 aliphatic carbocycles. The molecule has 42 heavy (non-hydrogen) atoms. The lowest BCUT2D eigenvalue weighted by molar-refractivity contribution is -0.152. The van der Waals surface area contributed by atoms with E-state index in [1.165, 1.54) is 12.8 Å². The Balaban J connectivity index is 1.59. The summed E-state index contributed by atoms with van der Waals surface area (Å²) in [5.74, 6) is 0.418. The summed E-state index contributed by atoms with van der Waals surface area (Å²) in [6, 6.07) is 7.87. The minimum Gasteiger partial charge on any atom is -0.462 e. The first kappa shape index (κ1) is 36.0. The third-order valence-electron chi connectivity index (χ3n) is 7.37. The molecule has 2 N–H and O–H groups in total. The van der Waals surface area contributed by atoms with Crippen LogP contribution in [0.5, 0.6) is 0 Å². The van der Waals surface area contributed by atoms with Crippen molar-refractivity contribution >= 4 is 29.5 Å². The van der Waals surface area contributed by atoms with Crippen molar-refractivity contribution in [2.24, 2.45) is 11.8 Å². The fourth-order valence-corrected chi connectivity index (χ4v) is 6.10. The van der Waals surface area contributed by atoms with Crippen molar-refractivity contribution in [2.45, 2.75) is 96.4 Å². The number of benzene rings is 1. The van der Waals surface area contributed by atoms with Crippen molar-refractivity contribution in [3.63, 3.8) is 0 Å². The molecular formula is C33H50O8S. The van der Waals surface area contributed by atoms with E-state index in [2.05, 4.69) is 6.92 Å². The van der Waals surface area contributed by atoms with Crippen molar-refractivity contribution in [3.8, 4) is 0 Å². The van der Waals surface area contributed by atoms with E-state index < -0.39 is 12.2 Å². The number of carbonyl (C=O) groups excluding carboxylic acids is 3. The van der Waals surface area contributed by atoms with Gasteiger partial charge in [0.1, 0.15) is 19.0 Å². The summed E-state index contributed by atoms with van der Waals surface area (Å²) in [6.45, 7) is 2.82. The van der Waals surface area contributed by atoms with Gasteiger partial charge in [-0.1, -0.05) is 69.0 Å². The molecule has 236 valence electrons. The number of ketones is 1. The monoisotopic (exact) mass is 606 g/mol. The standard InChI is InChI=1S/C33H50O8S/c1-3-4-5-6-7-12-32(37)40-17-18-41-33(38)13-9-19-42-20-16-29-28(30(35)23-31(29)36)15-14-27(34)22-25-10-8-11-26(21-25)24-39-2/h8,10-11,14-15,21,27-30,34-35H,3-7,9,12-13,16-20,22-24H2,1-2H3/b15-14+/t27-,28+,29-,30-/m1/s1. The molecule has 0 aliphatic heterocycles. The highest BCUT2D eigenvalue weighted by Crippen LogP contribution is 2.34. The lowest BCUT2D eigenvalue weighted by Crippen LogP contribution is -2.20. The van der Waals surface area contributed by atoms with E-state index in [0.717, 1.165) is 41.9 Å². The second-order valence-corrected chi connectivity index (χ2v) is 12.2. The number of hydrogen-bond donors (Lipinski definition) is 2.